The molecule has 1 aromatic heterocycles. The number of nitrogens with one attached hydrogen (secondary N) is 1. The van der Waals surface area contributed by atoms with Crippen LogP contribution in [0.1, 0.15) is 51.0 Å². The van der Waals surface area contributed by atoms with Gasteiger partial charge in [-0.2, -0.15) is 11.3 Å². The molecule has 0 spiro atoms. The maximum absolute atomic E-state index is 12.6. The van der Waals surface area contributed by atoms with Gasteiger partial charge in [0.15, 0.2) is 6.10 Å². The highest BCUT2D eigenvalue weighted by molar-refractivity contribution is 7.08. The Morgan fingerprint density at radius 1 is 1.24 bits per heavy atom. The molecule has 1 heterocycles. The van der Waals surface area contributed by atoms with Crippen LogP contribution in [-0.2, 0) is 14.3 Å². The molecule has 1 aromatic rings. The fourth-order valence-electron chi connectivity index (χ4n) is 5.43. The number of carbonyl (C=O) groups is 2. The molecular weight excluding hydrogens is 334 g/mol. The number of esters is 1. The lowest BCUT2D eigenvalue weighted by Crippen LogP contribution is -2.61. The Kier molecular flexibility index (Phi) is 4.44. The van der Waals surface area contributed by atoms with Gasteiger partial charge in [0.25, 0.3) is 5.91 Å². The lowest BCUT2D eigenvalue weighted by molar-refractivity contribution is -0.152. The largest absolute Gasteiger partial charge is 0.449 e. The van der Waals surface area contributed by atoms with Gasteiger partial charge in [0, 0.05) is 11.6 Å². The highest BCUT2D eigenvalue weighted by Crippen LogP contribution is 2.55. The van der Waals surface area contributed by atoms with Crippen LogP contribution in [0.4, 0.5) is 0 Å². The average molecular weight is 359 g/mol. The van der Waals surface area contributed by atoms with Crippen molar-refractivity contribution in [2.75, 3.05) is 0 Å². The lowest BCUT2D eigenvalue weighted by Gasteiger charge is -2.57. The van der Waals surface area contributed by atoms with Gasteiger partial charge in [-0.25, -0.2) is 4.79 Å². The van der Waals surface area contributed by atoms with Gasteiger partial charge >= 0.3 is 5.97 Å². The Labute approximate surface area is 152 Å². The molecule has 0 unspecified atom stereocenters. The fraction of sp³-hybridized carbons (Fsp3) is 0.600. The Morgan fingerprint density at radius 2 is 1.88 bits per heavy atom. The van der Waals surface area contributed by atoms with Crippen LogP contribution in [0.15, 0.2) is 22.9 Å². The van der Waals surface area contributed by atoms with Gasteiger partial charge < -0.3 is 10.1 Å². The van der Waals surface area contributed by atoms with E-state index in [2.05, 4.69) is 5.32 Å². The monoisotopic (exact) mass is 359 g/mol. The van der Waals surface area contributed by atoms with E-state index >= 15 is 0 Å². The molecule has 5 heteroatoms. The summed E-state index contributed by atoms with van der Waals surface area (Å²) in [6.45, 7) is 1.66. The molecule has 4 bridgehead atoms. The zero-order chi connectivity index (χ0) is 17.4. The van der Waals surface area contributed by atoms with Gasteiger partial charge in [-0.1, -0.05) is 0 Å². The SMILES string of the molecule is C[C@@H](OC(=O)/C=C/c1ccsc1)C(=O)NC12CC3CC(CC(C3)C1)C2. The molecule has 4 nitrogen and oxygen atoms in total. The Morgan fingerprint density at radius 3 is 2.44 bits per heavy atom. The topological polar surface area (TPSA) is 55.4 Å². The van der Waals surface area contributed by atoms with Crippen molar-refractivity contribution in [2.45, 2.75) is 57.1 Å². The summed E-state index contributed by atoms with van der Waals surface area (Å²) in [6.07, 6.45) is 9.66. The van der Waals surface area contributed by atoms with E-state index in [0.717, 1.165) is 42.6 Å². The molecule has 1 amide bonds. The van der Waals surface area contributed by atoms with Gasteiger partial charge in [-0.3, -0.25) is 4.79 Å². The van der Waals surface area contributed by atoms with Crippen LogP contribution in [0, 0.1) is 17.8 Å². The summed E-state index contributed by atoms with van der Waals surface area (Å²) in [7, 11) is 0. The number of ether oxygens (including phenoxy) is 1. The highest BCUT2D eigenvalue weighted by Gasteiger charge is 2.51. The van der Waals surface area contributed by atoms with E-state index in [0.29, 0.717) is 0 Å². The fourth-order valence-corrected chi connectivity index (χ4v) is 6.06. The summed E-state index contributed by atoms with van der Waals surface area (Å²) in [4.78, 5) is 24.5. The van der Waals surface area contributed by atoms with Gasteiger partial charge in [0.05, 0.1) is 0 Å². The minimum atomic E-state index is -0.757. The smallest absolute Gasteiger partial charge is 0.331 e. The van der Waals surface area contributed by atoms with Crippen molar-refractivity contribution >= 4 is 29.3 Å². The van der Waals surface area contributed by atoms with Crippen molar-refractivity contribution in [3.8, 4) is 0 Å². The van der Waals surface area contributed by atoms with Gasteiger partial charge in [0.1, 0.15) is 0 Å². The molecule has 0 aliphatic heterocycles. The number of thiophene rings is 1. The van der Waals surface area contributed by atoms with Crippen LogP contribution >= 0.6 is 11.3 Å². The van der Waals surface area contributed by atoms with Crippen molar-refractivity contribution in [3.63, 3.8) is 0 Å². The number of carbonyl (C=O) groups excluding carboxylic acids is 2. The summed E-state index contributed by atoms with van der Waals surface area (Å²) in [5.41, 5.74) is 0.923. The van der Waals surface area contributed by atoms with Crippen LogP contribution in [0.5, 0.6) is 0 Å². The van der Waals surface area contributed by atoms with E-state index in [9.17, 15) is 9.59 Å². The van der Waals surface area contributed by atoms with Gasteiger partial charge in [0.2, 0.25) is 0 Å². The Hall–Kier alpha value is -1.62. The van der Waals surface area contributed by atoms with E-state index < -0.39 is 12.1 Å². The zero-order valence-corrected chi connectivity index (χ0v) is 15.4. The maximum atomic E-state index is 12.6. The first-order chi connectivity index (χ1) is 12.0. The quantitative estimate of drug-likeness (QED) is 0.643. The lowest BCUT2D eigenvalue weighted by atomic mass is 9.53. The van der Waals surface area contributed by atoms with E-state index in [1.54, 1.807) is 24.3 Å². The minimum absolute atomic E-state index is 0.0426. The maximum Gasteiger partial charge on any atom is 0.331 e. The summed E-state index contributed by atoms with van der Waals surface area (Å²) >= 11 is 1.57. The second-order valence-corrected chi connectivity index (χ2v) is 8.94. The van der Waals surface area contributed by atoms with Crippen LogP contribution in [0.25, 0.3) is 6.08 Å². The first-order valence-electron chi connectivity index (χ1n) is 9.24. The summed E-state index contributed by atoms with van der Waals surface area (Å²) in [5.74, 6) is 1.70. The van der Waals surface area contributed by atoms with E-state index in [-0.39, 0.29) is 11.4 Å². The number of hydrogen-bond donors (Lipinski definition) is 1. The second-order valence-electron chi connectivity index (χ2n) is 8.16. The molecule has 0 aromatic carbocycles. The molecule has 4 aliphatic carbocycles. The molecular formula is C20H25NO3S. The summed E-state index contributed by atoms with van der Waals surface area (Å²) in [5, 5.41) is 7.16. The Bertz CT molecular complexity index is 644. The predicted molar refractivity (Wildman–Crippen MR) is 98.0 cm³/mol. The highest BCUT2D eigenvalue weighted by atomic mass is 32.1. The van der Waals surface area contributed by atoms with Crippen LogP contribution in [0.2, 0.25) is 0 Å². The molecule has 1 atom stereocenters. The van der Waals surface area contributed by atoms with Crippen LogP contribution < -0.4 is 5.32 Å². The third-order valence-electron chi connectivity index (χ3n) is 6.04. The summed E-state index contributed by atoms with van der Waals surface area (Å²) < 4.78 is 5.29. The van der Waals surface area contributed by atoms with Gasteiger partial charge in [-0.15, -0.1) is 0 Å². The molecule has 4 saturated carbocycles. The number of hydrogen-bond acceptors (Lipinski definition) is 4. The van der Waals surface area contributed by atoms with Crippen molar-refractivity contribution in [1.29, 1.82) is 0 Å². The third kappa shape index (κ3) is 3.66. The van der Waals surface area contributed by atoms with Crippen LogP contribution in [0.3, 0.4) is 0 Å². The molecule has 134 valence electrons. The average Bonchev–Trinajstić information content (AvgIpc) is 3.04. The molecule has 4 aliphatic rings. The summed E-state index contributed by atoms with van der Waals surface area (Å²) in [6, 6.07) is 1.93. The van der Waals surface area contributed by atoms with Crippen molar-refractivity contribution in [3.05, 3.63) is 28.5 Å². The minimum Gasteiger partial charge on any atom is -0.449 e. The number of amides is 1. The van der Waals surface area contributed by atoms with Crippen molar-refractivity contribution in [2.24, 2.45) is 17.8 Å². The van der Waals surface area contributed by atoms with Crippen LogP contribution in [-0.4, -0.2) is 23.5 Å². The van der Waals surface area contributed by atoms with Crippen molar-refractivity contribution in [1.82, 2.24) is 5.32 Å². The molecule has 5 rings (SSSR count). The van der Waals surface area contributed by atoms with Crippen molar-refractivity contribution < 1.29 is 14.3 Å². The normalized spacial score (nSPS) is 34.2. The van der Waals surface area contributed by atoms with E-state index in [1.807, 2.05) is 16.8 Å². The Balaban J connectivity index is 1.32. The molecule has 1 N–H and O–H groups in total. The second kappa shape index (κ2) is 6.60. The first kappa shape index (κ1) is 16.8. The standard InChI is InChI=1S/C20H25NO3S/c1-13(24-18(22)3-2-14-4-5-25-12-14)19(23)21-20-9-15-6-16(10-20)8-17(7-15)11-20/h2-5,12-13,15-17H,6-11H2,1H3,(H,21,23)/b3-2+/t13-,15?,16?,17?,20?/m1/s1. The van der Waals surface area contributed by atoms with E-state index in [1.165, 1.54) is 25.3 Å². The predicted octanol–water partition coefficient (Wildman–Crippen LogP) is 3.78. The molecule has 4 fully saturated rings. The zero-order valence-electron chi connectivity index (χ0n) is 14.6. The molecule has 0 radical (unpaired) electrons. The molecule has 0 saturated heterocycles. The molecule has 25 heavy (non-hydrogen) atoms. The number of rotatable bonds is 5. The first-order valence-corrected chi connectivity index (χ1v) is 10.2. The van der Waals surface area contributed by atoms with E-state index in [4.69, 9.17) is 4.74 Å². The van der Waals surface area contributed by atoms with Gasteiger partial charge in [-0.05, 0) is 91.7 Å². The third-order valence-corrected chi connectivity index (χ3v) is 6.75.